The van der Waals surface area contributed by atoms with Gasteiger partial charge < -0.3 is 14.8 Å². The maximum atomic E-state index is 11.9. The van der Waals surface area contributed by atoms with Crippen molar-refractivity contribution in [1.29, 1.82) is 0 Å². The summed E-state index contributed by atoms with van der Waals surface area (Å²) in [6.07, 6.45) is -0.0195. The van der Waals surface area contributed by atoms with Crippen LogP contribution in [0.15, 0.2) is 20.0 Å². The molecule has 0 aliphatic carbocycles. The molecule has 1 amide bonds. The van der Waals surface area contributed by atoms with Crippen LogP contribution in [0.3, 0.4) is 0 Å². The minimum atomic E-state index is -3.95. The van der Waals surface area contributed by atoms with Gasteiger partial charge >= 0.3 is 5.97 Å². The molecule has 0 aliphatic rings. The lowest BCUT2D eigenvalue weighted by atomic mass is 10.4. The molecule has 0 spiro atoms. The first-order valence-corrected chi connectivity index (χ1v) is 7.84. The molecular formula is C10H13BrN2O6S. The molecule has 8 nitrogen and oxygen atoms in total. The van der Waals surface area contributed by atoms with Gasteiger partial charge in [-0.25, -0.2) is 17.9 Å². The third-order valence-electron chi connectivity index (χ3n) is 2.17. The molecule has 3 N–H and O–H groups in total. The number of hydrogen-bond donors (Lipinski definition) is 3. The van der Waals surface area contributed by atoms with Crippen molar-refractivity contribution in [2.75, 3.05) is 13.1 Å². The van der Waals surface area contributed by atoms with Gasteiger partial charge in [0.2, 0.25) is 21.7 Å². The first-order valence-electron chi connectivity index (χ1n) is 5.57. The average Bonchev–Trinajstić information content (AvgIpc) is 2.72. The smallest absolute Gasteiger partial charge is 0.371 e. The molecule has 0 saturated carbocycles. The molecule has 10 heteroatoms. The van der Waals surface area contributed by atoms with Crippen molar-refractivity contribution >= 4 is 37.8 Å². The minimum absolute atomic E-state index is 0.0195. The number of nitrogens with one attached hydrogen (secondary N) is 2. The molecule has 1 aromatic rings. The summed E-state index contributed by atoms with van der Waals surface area (Å²) in [5.41, 5.74) is 0. The van der Waals surface area contributed by atoms with E-state index in [1.807, 2.05) is 0 Å². The van der Waals surface area contributed by atoms with Crippen molar-refractivity contribution in [3.05, 3.63) is 16.5 Å². The summed E-state index contributed by atoms with van der Waals surface area (Å²) >= 11 is 2.84. The fraction of sp³-hybridized carbons (Fsp3) is 0.400. The van der Waals surface area contributed by atoms with Gasteiger partial charge in [-0.1, -0.05) is 0 Å². The molecule has 0 radical (unpaired) electrons. The molecule has 1 aromatic heterocycles. The molecule has 0 bridgehead atoms. The lowest BCUT2D eigenvalue weighted by molar-refractivity contribution is -0.120. The highest BCUT2D eigenvalue weighted by atomic mass is 79.9. The number of carbonyl (C=O) groups is 2. The highest BCUT2D eigenvalue weighted by molar-refractivity contribution is 9.10. The standard InChI is InChI=1S/C10H13BrN2O6S/c1-2-12-8(14)3-4-13-20(17,18)7-5-6(10(15)16)19-9(7)11/h5,13H,2-4H2,1H3,(H,12,14)(H,15,16). The van der Waals surface area contributed by atoms with E-state index in [-0.39, 0.29) is 28.4 Å². The number of carboxylic acids is 1. The van der Waals surface area contributed by atoms with E-state index >= 15 is 0 Å². The Kier molecular flexibility index (Phi) is 5.72. The lowest BCUT2D eigenvalue weighted by Crippen LogP contribution is -2.30. The maximum Gasteiger partial charge on any atom is 0.371 e. The molecule has 0 unspecified atom stereocenters. The highest BCUT2D eigenvalue weighted by Crippen LogP contribution is 2.25. The second-order valence-corrected chi connectivity index (χ2v) is 6.11. The SMILES string of the molecule is CCNC(=O)CCNS(=O)(=O)c1cc(C(=O)O)oc1Br. The molecule has 1 rings (SSSR count). The Labute approximate surface area is 123 Å². The Morgan fingerprint density at radius 1 is 1.45 bits per heavy atom. The van der Waals surface area contributed by atoms with Crippen LogP contribution >= 0.6 is 15.9 Å². The van der Waals surface area contributed by atoms with E-state index in [2.05, 4.69) is 26.0 Å². The first-order chi connectivity index (χ1) is 9.27. The Morgan fingerprint density at radius 3 is 2.60 bits per heavy atom. The van der Waals surface area contributed by atoms with Crippen LogP contribution in [0.1, 0.15) is 23.9 Å². The van der Waals surface area contributed by atoms with Gasteiger partial charge in [-0.3, -0.25) is 4.79 Å². The number of carboxylic acid groups (broad SMARTS) is 1. The largest absolute Gasteiger partial charge is 0.475 e. The van der Waals surface area contributed by atoms with Crippen molar-refractivity contribution in [1.82, 2.24) is 10.0 Å². The quantitative estimate of drug-likeness (QED) is 0.644. The summed E-state index contributed by atoms with van der Waals surface area (Å²) in [6.45, 7) is 2.10. The van der Waals surface area contributed by atoms with Crippen LogP contribution in [0, 0.1) is 0 Å². The van der Waals surface area contributed by atoms with Crippen molar-refractivity contribution in [2.45, 2.75) is 18.2 Å². The predicted octanol–water partition coefficient (Wildman–Crippen LogP) is 0.545. The van der Waals surface area contributed by atoms with E-state index in [1.165, 1.54) is 0 Å². The Morgan fingerprint density at radius 2 is 2.10 bits per heavy atom. The first kappa shape index (κ1) is 16.7. The highest BCUT2D eigenvalue weighted by Gasteiger charge is 2.24. The van der Waals surface area contributed by atoms with Gasteiger partial charge in [0.05, 0.1) is 0 Å². The average molecular weight is 369 g/mol. The normalized spacial score (nSPS) is 11.3. The summed E-state index contributed by atoms with van der Waals surface area (Å²) in [7, 11) is -3.95. The van der Waals surface area contributed by atoms with Gasteiger partial charge in [0.15, 0.2) is 4.67 Å². The van der Waals surface area contributed by atoms with Crippen LogP contribution in [-0.2, 0) is 14.8 Å². The van der Waals surface area contributed by atoms with Crippen molar-refractivity contribution in [3.8, 4) is 0 Å². The topological polar surface area (TPSA) is 126 Å². The van der Waals surface area contributed by atoms with E-state index in [4.69, 9.17) is 9.52 Å². The van der Waals surface area contributed by atoms with E-state index < -0.39 is 21.8 Å². The van der Waals surface area contributed by atoms with Gasteiger partial charge in [-0.2, -0.15) is 0 Å². The van der Waals surface area contributed by atoms with Crippen LogP contribution in [0.25, 0.3) is 0 Å². The molecule has 20 heavy (non-hydrogen) atoms. The second kappa shape index (κ2) is 6.86. The van der Waals surface area contributed by atoms with Crippen LogP contribution in [0.5, 0.6) is 0 Å². The van der Waals surface area contributed by atoms with Crippen LogP contribution in [0.2, 0.25) is 0 Å². The van der Waals surface area contributed by atoms with E-state index in [1.54, 1.807) is 6.92 Å². The van der Waals surface area contributed by atoms with Crippen LogP contribution < -0.4 is 10.0 Å². The zero-order chi connectivity index (χ0) is 15.3. The van der Waals surface area contributed by atoms with Gasteiger partial charge in [0, 0.05) is 25.6 Å². The van der Waals surface area contributed by atoms with E-state index in [9.17, 15) is 18.0 Å². The number of halogens is 1. The number of hydrogen-bond acceptors (Lipinski definition) is 5. The molecule has 112 valence electrons. The van der Waals surface area contributed by atoms with Crippen molar-refractivity contribution in [3.63, 3.8) is 0 Å². The molecule has 0 saturated heterocycles. The number of furan rings is 1. The fourth-order valence-corrected chi connectivity index (χ4v) is 3.27. The summed E-state index contributed by atoms with van der Waals surface area (Å²) in [5, 5.41) is 11.2. The number of aromatic carboxylic acids is 1. The summed E-state index contributed by atoms with van der Waals surface area (Å²) in [5.74, 6) is -2.16. The van der Waals surface area contributed by atoms with E-state index in [0.717, 1.165) is 6.07 Å². The zero-order valence-electron chi connectivity index (χ0n) is 10.5. The zero-order valence-corrected chi connectivity index (χ0v) is 12.9. The number of amides is 1. The molecule has 0 fully saturated rings. The Balaban J connectivity index is 2.74. The molecule has 0 aliphatic heterocycles. The van der Waals surface area contributed by atoms with Gasteiger partial charge in [0.1, 0.15) is 4.90 Å². The van der Waals surface area contributed by atoms with Crippen molar-refractivity contribution < 1.29 is 27.5 Å². The number of carbonyl (C=O) groups excluding carboxylic acids is 1. The summed E-state index contributed by atoms with van der Waals surface area (Å²) < 4.78 is 30.5. The predicted molar refractivity (Wildman–Crippen MR) is 71.9 cm³/mol. The third-order valence-corrected chi connectivity index (χ3v) is 4.49. The number of sulfonamides is 1. The van der Waals surface area contributed by atoms with Crippen LogP contribution in [0.4, 0.5) is 0 Å². The summed E-state index contributed by atoms with van der Waals surface area (Å²) in [6, 6.07) is 0.890. The Hall–Kier alpha value is -1.39. The lowest BCUT2D eigenvalue weighted by Gasteiger charge is -2.05. The van der Waals surface area contributed by atoms with Crippen LogP contribution in [-0.4, -0.2) is 38.5 Å². The fourth-order valence-electron chi connectivity index (χ4n) is 1.30. The van der Waals surface area contributed by atoms with Crippen molar-refractivity contribution in [2.24, 2.45) is 0 Å². The minimum Gasteiger partial charge on any atom is -0.475 e. The third kappa shape index (κ3) is 4.32. The monoisotopic (exact) mass is 368 g/mol. The second-order valence-electron chi connectivity index (χ2n) is 3.66. The molecular weight excluding hydrogens is 356 g/mol. The molecule has 0 atom stereocenters. The van der Waals surface area contributed by atoms with Gasteiger partial charge in [-0.05, 0) is 22.9 Å². The molecule has 0 aromatic carbocycles. The van der Waals surface area contributed by atoms with E-state index in [0.29, 0.717) is 6.54 Å². The number of rotatable bonds is 7. The molecule has 1 heterocycles. The Bertz CT molecular complexity index is 609. The van der Waals surface area contributed by atoms with Gasteiger partial charge in [0.25, 0.3) is 0 Å². The van der Waals surface area contributed by atoms with Gasteiger partial charge in [-0.15, -0.1) is 0 Å². The summed E-state index contributed by atoms with van der Waals surface area (Å²) in [4.78, 5) is 21.5. The maximum absolute atomic E-state index is 11.9.